The first-order valence-corrected chi connectivity index (χ1v) is 10.8. The van der Waals surface area contributed by atoms with Crippen LogP contribution in [-0.2, 0) is 4.74 Å². The van der Waals surface area contributed by atoms with Crippen LogP contribution in [0.2, 0.25) is 10.0 Å². The minimum atomic E-state index is -0.627. The first-order valence-electron chi connectivity index (χ1n) is 10.0. The van der Waals surface area contributed by atoms with E-state index in [1.54, 1.807) is 25.2 Å². The predicted octanol–water partition coefficient (Wildman–Crippen LogP) is 3.99. The molecule has 9 heteroatoms. The van der Waals surface area contributed by atoms with Crippen LogP contribution in [-0.4, -0.2) is 48.7 Å². The van der Waals surface area contributed by atoms with Crippen LogP contribution >= 0.6 is 23.2 Å². The number of nitrogens with one attached hydrogen (secondary N) is 1. The van der Waals surface area contributed by atoms with Crippen molar-refractivity contribution in [3.63, 3.8) is 0 Å². The van der Waals surface area contributed by atoms with E-state index in [-0.39, 0.29) is 11.1 Å². The Labute approximate surface area is 185 Å². The number of hydrogen-bond acceptors (Lipinski definition) is 6. The highest BCUT2D eigenvalue weighted by Crippen LogP contribution is 2.43. The minimum Gasteiger partial charge on any atom is -0.378 e. The van der Waals surface area contributed by atoms with E-state index in [4.69, 9.17) is 38.7 Å². The van der Waals surface area contributed by atoms with Gasteiger partial charge in [0.25, 0.3) is 5.91 Å². The maximum absolute atomic E-state index is 12.3. The molecule has 0 aliphatic carbocycles. The molecule has 0 radical (unpaired) electrons. The Hall–Kier alpha value is -2.09. The maximum atomic E-state index is 12.3. The third-order valence-electron chi connectivity index (χ3n) is 6.07. The van der Waals surface area contributed by atoms with Crippen LogP contribution in [0.3, 0.4) is 0 Å². The number of carbonyl (C=O) groups excluding carboxylic acids is 1. The summed E-state index contributed by atoms with van der Waals surface area (Å²) in [5, 5.41) is 3.82. The van der Waals surface area contributed by atoms with E-state index in [0.29, 0.717) is 39.0 Å². The molecule has 7 nitrogen and oxygen atoms in total. The zero-order valence-electron chi connectivity index (χ0n) is 17.0. The van der Waals surface area contributed by atoms with E-state index in [1.807, 2.05) is 0 Å². The molecule has 1 atom stereocenters. The molecular weight excluding hydrogens is 425 g/mol. The van der Waals surface area contributed by atoms with E-state index in [1.165, 1.54) is 0 Å². The third-order valence-corrected chi connectivity index (χ3v) is 6.89. The van der Waals surface area contributed by atoms with Crippen LogP contribution in [0, 0.1) is 5.41 Å². The van der Waals surface area contributed by atoms with Gasteiger partial charge in [-0.2, -0.15) is 0 Å². The molecule has 30 heavy (non-hydrogen) atoms. The van der Waals surface area contributed by atoms with Crippen LogP contribution in [0.5, 0.6) is 0 Å². The van der Waals surface area contributed by atoms with E-state index in [9.17, 15) is 4.79 Å². The smallest absolute Gasteiger partial charge is 0.271 e. The highest BCUT2D eigenvalue weighted by atomic mass is 35.5. The van der Waals surface area contributed by atoms with Crippen LogP contribution < -0.4 is 16.0 Å². The van der Waals surface area contributed by atoms with Crippen molar-refractivity contribution in [1.82, 2.24) is 9.97 Å². The Morgan fingerprint density at radius 3 is 2.63 bits per heavy atom. The number of amides is 1. The monoisotopic (exact) mass is 449 g/mol. The van der Waals surface area contributed by atoms with Gasteiger partial charge in [-0.15, -0.1) is 0 Å². The topological polar surface area (TPSA) is 93.4 Å². The van der Waals surface area contributed by atoms with E-state index in [0.717, 1.165) is 39.0 Å². The Kier molecular flexibility index (Phi) is 5.79. The Bertz CT molecular complexity index is 976. The third kappa shape index (κ3) is 3.82. The van der Waals surface area contributed by atoms with Gasteiger partial charge in [-0.05, 0) is 37.7 Å². The summed E-state index contributed by atoms with van der Waals surface area (Å²) >= 11 is 12.6. The predicted molar refractivity (Wildman–Crippen MR) is 119 cm³/mol. The molecule has 2 aliphatic rings. The van der Waals surface area contributed by atoms with E-state index < -0.39 is 5.91 Å². The van der Waals surface area contributed by atoms with Crippen molar-refractivity contribution in [2.45, 2.75) is 32.3 Å². The summed E-state index contributed by atoms with van der Waals surface area (Å²) in [4.78, 5) is 23.7. The zero-order valence-corrected chi connectivity index (χ0v) is 18.6. The number of carbonyl (C=O) groups is 1. The van der Waals surface area contributed by atoms with Gasteiger partial charge in [-0.1, -0.05) is 35.3 Å². The number of nitrogens with two attached hydrogens (primary N) is 1. The highest BCUT2D eigenvalue weighted by Gasteiger charge is 2.41. The summed E-state index contributed by atoms with van der Waals surface area (Å²) in [6.07, 6.45) is 3.33. The Balaban J connectivity index is 1.71. The lowest BCUT2D eigenvalue weighted by Gasteiger charge is -2.39. The molecule has 3 N–H and O–H groups in total. The molecule has 2 fully saturated rings. The number of benzene rings is 1. The SMILES string of the molecule is CNc1nc(N2CCC3(CC2)CO[C@@H](C)C3)c(C(N)=O)nc1-c1cccc(Cl)c1Cl. The molecule has 0 bridgehead atoms. The maximum Gasteiger partial charge on any atom is 0.271 e. The number of hydrogen-bond donors (Lipinski definition) is 2. The van der Waals surface area contributed by atoms with Crippen molar-refractivity contribution in [3.05, 3.63) is 33.9 Å². The first-order chi connectivity index (χ1) is 14.3. The second kappa shape index (κ2) is 8.21. The summed E-state index contributed by atoms with van der Waals surface area (Å²) < 4.78 is 5.82. The van der Waals surface area contributed by atoms with Crippen LogP contribution in [0.25, 0.3) is 11.3 Å². The van der Waals surface area contributed by atoms with Crippen molar-refractivity contribution in [2.24, 2.45) is 11.1 Å². The second-order valence-electron chi connectivity index (χ2n) is 8.12. The largest absolute Gasteiger partial charge is 0.378 e. The van der Waals surface area contributed by atoms with Gasteiger partial charge in [0.05, 0.1) is 22.8 Å². The molecule has 2 aromatic rings. The van der Waals surface area contributed by atoms with Crippen molar-refractivity contribution < 1.29 is 9.53 Å². The first kappa shape index (κ1) is 21.2. The van der Waals surface area contributed by atoms with Crippen molar-refractivity contribution in [3.8, 4) is 11.3 Å². The van der Waals surface area contributed by atoms with Crippen LogP contribution in [0.15, 0.2) is 18.2 Å². The number of primary amides is 1. The summed E-state index contributed by atoms with van der Waals surface area (Å²) in [6, 6.07) is 5.26. The number of anilines is 2. The normalized spacial score (nSPS) is 20.5. The molecule has 160 valence electrons. The Morgan fingerprint density at radius 2 is 2.03 bits per heavy atom. The van der Waals surface area contributed by atoms with Gasteiger partial charge in [0.2, 0.25) is 0 Å². The lowest BCUT2D eigenvalue weighted by atomic mass is 9.77. The van der Waals surface area contributed by atoms with Crippen molar-refractivity contribution in [2.75, 3.05) is 37.0 Å². The molecular formula is C21H25Cl2N5O2. The fourth-order valence-corrected chi connectivity index (χ4v) is 4.84. The average molecular weight is 450 g/mol. The van der Waals surface area contributed by atoms with Gasteiger partial charge in [-0.25, -0.2) is 9.97 Å². The molecule has 0 unspecified atom stereocenters. The van der Waals surface area contributed by atoms with Gasteiger partial charge in [0.1, 0.15) is 5.69 Å². The van der Waals surface area contributed by atoms with E-state index in [2.05, 4.69) is 22.1 Å². The fraction of sp³-hybridized carbons (Fsp3) is 0.476. The van der Waals surface area contributed by atoms with E-state index >= 15 is 0 Å². The summed E-state index contributed by atoms with van der Waals surface area (Å²) in [7, 11) is 1.75. The number of ether oxygens (including phenoxy) is 1. The number of aromatic nitrogens is 2. The summed E-state index contributed by atoms with van der Waals surface area (Å²) in [5.74, 6) is 0.380. The molecule has 1 aromatic carbocycles. The molecule has 2 aliphatic heterocycles. The molecule has 2 saturated heterocycles. The van der Waals surface area contributed by atoms with Gasteiger partial charge < -0.3 is 20.7 Å². The highest BCUT2D eigenvalue weighted by molar-refractivity contribution is 6.43. The standard InChI is InChI=1S/C21H25Cl2N5O2/c1-12-10-21(11-30-12)6-8-28(9-7-21)20-17(18(24)29)26-16(19(25-2)27-20)13-4-3-5-14(22)15(13)23/h3-5,12H,6-11H2,1-2H3,(H2,24,29)(H,25,27)/t12-/m0/s1. The Morgan fingerprint density at radius 1 is 1.30 bits per heavy atom. The van der Waals surface area contributed by atoms with Crippen molar-refractivity contribution >= 4 is 40.7 Å². The molecule has 1 amide bonds. The number of halogens is 2. The lowest BCUT2D eigenvalue weighted by Crippen LogP contribution is -2.42. The molecule has 1 aromatic heterocycles. The van der Waals surface area contributed by atoms with Crippen LogP contribution in [0.4, 0.5) is 11.6 Å². The van der Waals surface area contributed by atoms with Crippen LogP contribution in [0.1, 0.15) is 36.7 Å². The zero-order chi connectivity index (χ0) is 21.5. The summed E-state index contributed by atoms with van der Waals surface area (Å²) in [5.41, 5.74) is 7.07. The van der Waals surface area contributed by atoms with Gasteiger partial charge >= 0.3 is 0 Å². The van der Waals surface area contributed by atoms with Crippen molar-refractivity contribution in [1.29, 1.82) is 0 Å². The van der Waals surface area contributed by atoms with Gasteiger partial charge in [0, 0.05) is 25.7 Å². The molecule has 3 heterocycles. The molecule has 4 rings (SSSR count). The molecule has 0 saturated carbocycles. The number of piperidine rings is 1. The fourth-order valence-electron chi connectivity index (χ4n) is 4.45. The quantitative estimate of drug-likeness (QED) is 0.732. The van der Waals surface area contributed by atoms with Gasteiger partial charge in [0.15, 0.2) is 17.3 Å². The second-order valence-corrected chi connectivity index (χ2v) is 8.91. The summed E-state index contributed by atoms with van der Waals surface area (Å²) in [6.45, 7) is 4.46. The lowest BCUT2D eigenvalue weighted by molar-refractivity contribution is 0.0970. The van der Waals surface area contributed by atoms with Gasteiger partial charge in [-0.3, -0.25) is 4.79 Å². The molecule has 1 spiro atoms. The number of nitrogens with zero attached hydrogens (tertiary/aromatic N) is 3. The average Bonchev–Trinajstić information content (AvgIpc) is 3.09. The number of rotatable bonds is 4. The minimum absolute atomic E-state index is 0.132.